The van der Waals surface area contributed by atoms with Crippen LogP contribution in [0.3, 0.4) is 0 Å². The van der Waals surface area contributed by atoms with Crippen LogP contribution in [0.25, 0.3) is 21.6 Å². The maximum absolute atomic E-state index is 14.6. The van der Waals surface area contributed by atoms with Crippen LogP contribution in [-0.4, -0.2) is 94.5 Å². The van der Waals surface area contributed by atoms with E-state index in [2.05, 4.69) is 50.5 Å². The van der Waals surface area contributed by atoms with Crippen LogP contribution in [-0.2, 0) is 70.7 Å². The largest absolute Gasteiger partial charge is 0.449 e. The average molecular weight is 1230 g/mol. The van der Waals surface area contributed by atoms with Gasteiger partial charge in [0.1, 0.15) is 18.7 Å². The molecule has 4 aliphatic rings. The minimum absolute atomic E-state index is 0.00617. The minimum Gasteiger partial charge on any atom is -0.449 e. The SMILES string of the molecule is Cc1ncsc1-c1ccc(CNC(=O)[C@@H]2C[C@@H](O)CC2C(=O)[C@@H](NC(=O)CCCCCCc2ccc(CO[C@H](C)[C@H](CCC(N)=O)NC(=O)[C@@H]3Cc4cccc5c4N3C(=O)[C@@H](NC(=O)OCC3c4ccccc4-c4ccccc43)CC5)cc2)C(C)(C)C)cc1. The van der Waals surface area contributed by atoms with E-state index in [1.807, 2.05) is 131 Å². The number of aliphatic hydroxyl groups excluding tert-OH is 1. The third kappa shape index (κ3) is 15.3. The normalized spacial score (nSPS) is 19.5. The Morgan fingerprint density at radius 2 is 1.44 bits per heavy atom. The predicted octanol–water partition coefficient (Wildman–Crippen LogP) is 9.88. The summed E-state index contributed by atoms with van der Waals surface area (Å²) in [5.74, 6) is -3.63. The number of anilines is 1. The number of aromatic nitrogens is 1. The van der Waals surface area contributed by atoms with Crippen molar-refractivity contribution >= 4 is 58.4 Å². The number of aliphatic hydroxyl groups is 1. The van der Waals surface area contributed by atoms with E-state index in [0.29, 0.717) is 24.9 Å². The molecule has 17 nitrogen and oxygen atoms in total. The number of nitrogens with zero attached hydrogens (tertiary/aromatic N) is 2. The van der Waals surface area contributed by atoms with Gasteiger partial charge < -0.3 is 41.6 Å². The van der Waals surface area contributed by atoms with Crippen LogP contribution in [0, 0.1) is 24.2 Å². The summed E-state index contributed by atoms with van der Waals surface area (Å²) < 4.78 is 12.2. The second-order valence-corrected chi connectivity index (χ2v) is 26.4. The van der Waals surface area contributed by atoms with Gasteiger partial charge in [-0.25, -0.2) is 9.78 Å². The molecule has 6 amide bonds. The van der Waals surface area contributed by atoms with Crippen LogP contribution in [0.2, 0.25) is 0 Å². The average Bonchev–Trinajstić information content (AvgIpc) is 1.66. The van der Waals surface area contributed by atoms with Crippen molar-refractivity contribution in [1.82, 2.24) is 26.3 Å². The van der Waals surface area contributed by atoms with Gasteiger partial charge in [0.25, 0.3) is 0 Å². The van der Waals surface area contributed by atoms with Crippen molar-refractivity contribution in [3.05, 3.63) is 165 Å². The summed E-state index contributed by atoms with van der Waals surface area (Å²) >= 11 is 1.58. The van der Waals surface area contributed by atoms with Crippen molar-refractivity contribution in [3.63, 3.8) is 0 Å². The van der Waals surface area contributed by atoms with E-state index >= 15 is 0 Å². The number of nitrogens with one attached hydrogen (secondary N) is 4. The highest BCUT2D eigenvalue weighted by atomic mass is 32.1. The zero-order chi connectivity index (χ0) is 62.9. The second-order valence-electron chi connectivity index (χ2n) is 25.6. The molecule has 7 N–H and O–H groups in total. The molecule has 0 saturated heterocycles. The molecule has 8 atom stereocenters. The molecule has 2 aliphatic heterocycles. The molecule has 1 unspecified atom stereocenters. The Morgan fingerprint density at radius 3 is 2.12 bits per heavy atom. The zero-order valence-corrected chi connectivity index (χ0v) is 52.4. The molecular weight excluding hydrogens is 1140 g/mol. The number of alkyl carbamates (subject to hydrolysis) is 1. The molecule has 2 aliphatic carbocycles. The molecule has 1 saturated carbocycles. The first-order valence-electron chi connectivity index (χ1n) is 31.4. The van der Waals surface area contributed by atoms with Gasteiger partial charge in [0, 0.05) is 37.6 Å². The molecule has 1 fully saturated rings. The van der Waals surface area contributed by atoms with Gasteiger partial charge in [-0.15, -0.1) is 11.3 Å². The summed E-state index contributed by atoms with van der Waals surface area (Å²) in [6.45, 7) is 10.1. The number of ether oxygens (including phenoxy) is 2. The number of rotatable bonds is 26. The molecule has 6 aromatic rings. The molecule has 1 aromatic heterocycles. The number of thiazole rings is 1. The molecule has 468 valence electrons. The van der Waals surface area contributed by atoms with Crippen LogP contribution in [0.1, 0.15) is 142 Å². The summed E-state index contributed by atoms with van der Waals surface area (Å²) in [5.41, 5.74) is 18.7. The number of unbranched alkanes of at least 4 members (excludes halogenated alkanes) is 3. The van der Waals surface area contributed by atoms with Gasteiger partial charge in [-0.05, 0) is 126 Å². The number of amides is 6. The maximum atomic E-state index is 14.6. The van der Waals surface area contributed by atoms with E-state index in [4.69, 9.17) is 15.2 Å². The number of ketones is 1. The number of carbonyl (C=O) groups is 7. The Morgan fingerprint density at radius 1 is 0.775 bits per heavy atom. The highest BCUT2D eigenvalue weighted by Crippen LogP contribution is 2.45. The third-order valence-electron chi connectivity index (χ3n) is 18.2. The number of aryl methyl sites for hydroxylation is 3. The first-order valence-corrected chi connectivity index (χ1v) is 32.3. The molecule has 3 heterocycles. The summed E-state index contributed by atoms with van der Waals surface area (Å²) in [6.07, 6.45) is 4.01. The van der Waals surface area contributed by atoms with Gasteiger partial charge in [-0.2, -0.15) is 0 Å². The Balaban J connectivity index is 0.661. The summed E-state index contributed by atoms with van der Waals surface area (Å²) in [6, 6.07) is 34.7. The number of Topliss-reactive ketones (excluding diaryl/α,β-unsaturated/α-hetero) is 1. The molecule has 0 radical (unpaired) electrons. The molecule has 0 bridgehead atoms. The smallest absolute Gasteiger partial charge is 0.407 e. The summed E-state index contributed by atoms with van der Waals surface area (Å²) in [5, 5.41) is 22.7. The van der Waals surface area contributed by atoms with Crippen molar-refractivity contribution in [2.24, 2.45) is 23.0 Å². The zero-order valence-electron chi connectivity index (χ0n) is 51.6. The number of para-hydroxylation sites is 1. The first kappa shape index (κ1) is 63.9. The maximum Gasteiger partial charge on any atom is 0.407 e. The van der Waals surface area contributed by atoms with Gasteiger partial charge in [-0.1, -0.05) is 149 Å². The summed E-state index contributed by atoms with van der Waals surface area (Å²) in [7, 11) is 0. The quantitative estimate of drug-likeness (QED) is 0.0279. The number of benzene rings is 5. The monoisotopic (exact) mass is 1230 g/mol. The predicted molar refractivity (Wildman–Crippen MR) is 342 cm³/mol. The van der Waals surface area contributed by atoms with E-state index in [0.717, 1.165) is 91.9 Å². The van der Waals surface area contributed by atoms with Gasteiger partial charge in [0.15, 0.2) is 5.78 Å². The highest BCUT2D eigenvalue weighted by Gasteiger charge is 2.48. The number of hydrogen-bond donors (Lipinski definition) is 6. The molecule has 5 aromatic carbocycles. The van der Waals surface area contributed by atoms with Crippen molar-refractivity contribution in [2.45, 2.75) is 174 Å². The fourth-order valence-electron chi connectivity index (χ4n) is 13.3. The van der Waals surface area contributed by atoms with Gasteiger partial charge in [-0.3, -0.25) is 33.7 Å². The Labute approximate surface area is 525 Å². The number of carbonyl (C=O) groups excluding carboxylic acids is 7. The second kappa shape index (κ2) is 28.6. The lowest BCUT2D eigenvalue weighted by atomic mass is 9.77. The molecular formula is C71H83N7O10S. The summed E-state index contributed by atoms with van der Waals surface area (Å²) in [4.78, 5) is 103. The van der Waals surface area contributed by atoms with Crippen molar-refractivity contribution < 1.29 is 48.1 Å². The van der Waals surface area contributed by atoms with Crippen LogP contribution in [0.4, 0.5) is 10.5 Å². The standard InChI is InChI=1S/C71H83N7O10S/c1-42-65(89-41-74-42)48-29-27-45(28-30-48)38-73-67(83)56-37-50(79)36-55(56)64(82)66(71(3,4)5)77-62(81)22-9-7-6-8-15-44-23-25-46(26-24-44)39-87-43(2)58(33-34-61(72)80)75-68(84)60-35-49-17-14-16-47-31-32-59(69(85)78(60)63(47)49)76-70(86)88-40-57-53-20-12-10-18-51(53)52-19-11-13-21-54(52)57/h10-14,16-21,23-30,41,43,50,55-60,66,79H,6-9,15,22,31-40H2,1-5H3,(H2,72,80)(H,73,83)(H,75,84)(H,76,86)(H,77,81)/t43-,50+,55?,56-,58+,59+,60+,66-/m1/s1. The first-order chi connectivity index (χ1) is 42.8. The highest BCUT2D eigenvalue weighted by molar-refractivity contribution is 7.13. The van der Waals surface area contributed by atoms with Gasteiger partial charge in [0.2, 0.25) is 29.5 Å². The van der Waals surface area contributed by atoms with Crippen LogP contribution in [0.15, 0.2) is 121 Å². The van der Waals surface area contributed by atoms with Crippen LogP contribution in [0.5, 0.6) is 0 Å². The van der Waals surface area contributed by atoms with E-state index < -0.39 is 77.4 Å². The van der Waals surface area contributed by atoms with E-state index in [1.54, 1.807) is 11.3 Å². The number of primary amides is 1. The topological polar surface area (TPSA) is 248 Å². The lowest BCUT2D eigenvalue weighted by molar-refractivity contribution is -0.137. The van der Waals surface area contributed by atoms with Crippen LogP contribution >= 0.6 is 11.3 Å². The van der Waals surface area contributed by atoms with Crippen molar-refractivity contribution in [3.8, 4) is 21.6 Å². The Kier molecular flexibility index (Phi) is 20.6. The molecule has 10 rings (SSSR count). The van der Waals surface area contributed by atoms with E-state index in [9.17, 15) is 38.7 Å². The van der Waals surface area contributed by atoms with Gasteiger partial charge >= 0.3 is 6.09 Å². The van der Waals surface area contributed by atoms with Crippen molar-refractivity contribution in [1.29, 1.82) is 0 Å². The molecule has 89 heavy (non-hydrogen) atoms. The third-order valence-corrected chi connectivity index (χ3v) is 19.2. The van der Waals surface area contributed by atoms with Gasteiger partial charge in [0.05, 0.1) is 58.6 Å². The fourth-order valence-corrected chi connectivity index (χ4v) is 14.1. The number of hydrogen-bond acceptors (Lipinski definition) is 12. The lowest BCUT2D eigenvalue weighted by Crippen LogP contribution is -2.56. The van der Waals surface area contributed by atoms with E-state index in [-0.39, 0.29) is 81.8 Å². The lowest BCUT2D eigenvalue weighted by Gasteiger charge is -2.33. The Hall–Kier alpha value is -8.06. The molecule has 18 heteroatoms. The van der Waals surface area contributed by atoms with Crippen LogP contribution < -0.4 is 31.9 Å². The Bertz CT molecular complexity index is 3500. The molecule has 0 spiro atoms. The number of nitrogens with two attached hydrogens (primary N) is 1. The van der Waals surface area contributed by atoms with E-state index in [1.165, 1.54) is 4.90 Å². The van der Waals surface area contributed by atoms with Crippen molar-refractivity contribution in [2.75, 3.05) is 11.5 Å². The number of fused-ring (bicyclic) bond motifs is 3. The minimum atomic E-state index is -0.947. The fraction of sp³-hybridized carbons (Fsp3) is 0.437.